The van der Waals surface area contributed by atoms with Crippen LogP contribution in [0.1, 0.15) is 5.82 Å². The molecule has 9 heteroatoms. The molecule has 18 heavy (non-hydrogen) atoms. The van der Waals surface area contributed by atoms with Gasteiger partial charge in [-0.2, -0.15) is 10.2 Å². The van der Waals surface area contributed by atoms with E-state index in [1.54, 1.807) is 13.2 Å². The third kappa shape index (κ3) is 2.98. The quantitative estimate of drug-likeness (QED) is 0.790. The van der Waals surface area contributed by atoms with Gasteiger partial charge in [0.25, 0.3) is 0 Å². The molecule has 0 aliphatic carbocycles. The van der Waals surface area contributed by atoms with Gasteiger partial charge < -0.3 is 4.90 Å². The summed E-state index contributed by atoms with van der Waals surface area (Å²) in [4.78, 5) is 26.6. The van der Waals surface area contributed by atoms with Crippen molar-refractivity contribution < 1.29 is 4.79 Å². The van der Waals surface area contributed by atoms with Crippen molar-refractivity contribution >= 4 is 17.5 Å². The molecule has 0 atom stereocenters. The summed E-state index contributed by atoms with van der Waals surface area (Å²) >= 11 is 5.69. The largest absolute Gasteiger partial charge is 0.340 e. The molecule has 0 unspecified atom stereocenters. The molecule has 0 spiro atoms. The van der Waals surface area contributed by atoms with Crippen molar-refractivity contribution in [2.24, 2.45) is 0 Å². The summed E-state index contributed by atoms with van der Waals surface area (Å²) in [5.74, 6) is 0.230. The van der Waals surface area contributed by atoms with Crippen molar-refractivity contribution in [3.05, 3.63) is 33.7 Å². The van der Waals surface area contributed by atoms with Crippen LogP contribution in [0.15, 0.2) is 17.2 Å². The number of nitrogens with one attached hydrogen (secondary N) is 2. The molecule has 2 N–H and O–H groups in total. The third-order valence-electron chi connectivity index (χ3n) is 2.26. The molecule has 0 radical (unpaired) electrons. The van der Waals surface area contributed by atoms with Gasteiger partial charge >= 0.3 is 5.69 Å². The van der Waals surface area contributed by atoms with Crippen LogP contribution in [0.25, 0.3) is 0 Å². The van der Waals surface area contributed by atoms with E-state index in [0.717, 1.165) is 0 Å². The number of rotatable bonds is 4. The molecule has 2 aromatic heterocycles. The molecule has 0 fully saturated rings. The summed E-state index contributed by atoms with van der Waals surface area (Å²) in [5, 5.41) is 10.3. The molecule has 0 bridgehead atoms. The SMILES string of the molecule is CN(Cc1n[nH]c(=O)[nH]1)C(=O)Cn1cc(Cl)cn1. The van der Waals surface area contributed by atoms with E-state index in [0.29, 0.717) is 10.8 Å². The summed E-state index contributed by atoms with van der Waals surface area (Å²) in [6, 6.07) is 0. The number of hydrogen-bond acceptors (Lipinski definition) is 4. The summed E-state index contributed by atoms with van der Waals surface area (Å²) in [5.41, 5.74) is -0.398. The lowest BCUT2D eigenvalue weighted by molar-refractivity contribution is -0.131. The molecule has 0 aliphatic heterocycles. The Morgan fingerprint density at radius 3 is 2.94 bits per heavy atom. The first-order chi connectivity index (χ1) is 8.54. The highest BCUT2D eigenvalue weighted by Gasteiger charge is 2.12. The highest BCUT2D eigenvalue weighted by molar-refractivity contribution is 6.30. The first-order valence-corrected chi connectivity index (χ1v) is 5.48. The van der Waals surface area contributed by atoms with Crippen LogP contribution in [-0.2, 0) is 17.9 Å². The molecule has 0 aromatic carbocycles. The van der Waals surface area contributed by atoms with E-state index in [4.69, 9.17) is 11.6 Å². The van der Waals surface area contributed by atoms with E-state index in [-0.39, 0.29) is 19.0 Å². The molecular formula is C9H11ClN6O2. The zero-order chi connectivity index (χ0) is 13.1. The highest BCUT2D eigenvalue weighted by atomic mass is 35.5. The van der Waals surface area contributed by atoms with Crippen LogP contribution >= 0.6 is 11.6 Å². The zero-order valence-electron chi connectivity index (χ0n) is 9.55. The molecule has 0 saturated carbocycles. The van der Waals surface area contributed by atoms with E-state index < -0.39 is 5.69 Å². The second-order valence-corrected chi connectivity index (χ2v) is 4.17. The fraction of sp³-hybridized carbons (Fsp3) is 0.333. The van der Waals surface area contributed by atoms with Gasteiger partial charge in [0.05, 0.1) is 17.8 Å². The van der Waals surface area contributed by atoms with Crippen molar-refractivity contribution in [3.63, 3.8) is 0 Å². The van der Waals surface area contributed by atoms with Gasteiger partial charge in [0.1, 0.15) is 6.54 Å². The van der Waals surface area contributed by atoms with Gasteiger partial charge in [0.15, 0.2) is 5.82 Å². The Morgan fingerprint density at radius 2 is 2.39 bits per heavy atom. The van der Waals surface area contributed by atoms with Gasteiger partial charge in [-0.3, -0.25) is 14.5 Å². The van der Waals surface area contributed by atoms with Gasteiger partial charge in [0.2, 0.25) is 5.91 Å². The normalized spacial score (nSPS) is 10.6. The first kappa shape index (κ1) is 12.4. The van der Waals surface area contributed by atoms with Crippen molar-refractivity contribution in [2.75, 3.05) is 7.05 Å². The number of hydrogen-bond donors (Lipinski definition) is 2. The highest BCUT2D eigenvalue weighted by Crippen LogP contribution is 2.05. The van der Waals surface area contributed by atoms with Crippen molar-refractivity contribution in [2.45, 2.75) is 13.1 Å². The van der Waals surface area contributed by atoms with Gasteiger partial charge in [-0.1, -0.05) is 11.6 Å². The summed E-state index contributed by atoms with van der Waals surface area (Å²) < 4.78 is 1.44. The number of amides is 1. The molecule has 8 nitrogen and oxygen atoms in total. The van der Waals surface area contributed by atoms with Crippen molar-refractivity contribution in [1.82, 2.24) is 29.9 Å². The van der Waals surface area contributed by atoms with E-state index in [1.165, 1.54) is 15.8 Å². The van der Waals surface area contributed by atoms with Gasteiger partial charge in [-0.15, -0.1) is 0 Å². The van der Waals surface area contributed by atoms with E-state index in [2.05, 4.69) is 20.3 Å². The van der Waals surface area contributed by atoms with Crippen LogP contribution in [0.3, 0.4) is 0 Å². The summed E-state index contributed by atoms with van der Waals surface area (Å²) in [6.45, 7) is 0.296. The standard InChI is InChI=1S/C9H11ClN6O2/c1-15(4-7-12-9(18)14-13-7)8(17)5-16-3-6(10)2-11-16/h2-3H,4-5H2,1H3,(H2,12,13,14,18). The topological polar surface area (TPSA) is 99.7 Å². The van der Waals surface area contributed by atoms with Crippen LogP contribution in [0.4, 0.5) is 0 Å². The second kappa shape index (κ2) is 5.05. The molecular weight excluding hydrogens is 260 g/mol. The van der Waals surface area contributed by atoms with Crippen LogP contribution in [0.2, 0.25) is 5.02 Å². The number of H-pyrrole nitrogens is 2. The monoisotopic (exact) mass is 270 g/mol. The fourth-order valence-electron chi connectivity index (χ4n) is 1.38. The van der Waals surface area contributed by atoms with Gasteiger partial charge in [-0.25, -0.2) is 9.89 Å². The lowest BCUT2D eigenvalue weighted by atomic mass is 10.4. The Kier molecular flexibility index (Phi) is 3.47. The van der Waals surface area contributed by atoms with Crippen molar-refractivity contribution in [1.29, 1.82) is 0 Å². The van der Waals surface area contributed by atoms with Gasteiger partial charge in [-0.05, 0) is 0 Å². The van der Waals surface area contributed by atoms with Crippen LogP contribution in [-0.4, -0.2) is 42.8 Å². The molecule has 0 saturated heterocycles. The van der Waals surface area contributed by atoms with Crippen LogP contribution in [0.5, 0.6) is 0 Å². The predicted octanol–water partition coefficient (Wildman–Crippen LogP) is -0.394. The molecule has 2 heterocycles. The maximum Gasteiger partial charge on any atom is 0.340 e. The molecule has 2 aromatic rings. The molecule has 96 valence electrons. The minimum absolute atomic E-state index is 0.0812. The van der Waals surface area contributed by atoms with E-state index in [9.17, 15) is 9.59 Å². The first-order valence-electron chi connectivity index (χ1n) is 5.10. The number of carbonyl (C=O) groups excluding carboxylic acids is 1. The zero-order valence-corrected chi connectivity index (χ0v) is 10.3. The molecule has 0 aliphatic rings. The Morgan fingerprint density at radius 1 is 1.61 bits per heavy atom. The average molecular weight is 271 g/mol. The number of aromatic nitrogens is 5. The Hall–Kier alpha value is -2.09. The van der Waals surface area contributed by atoms with Crippen molar-refractivity contribution in [3.8, 4) is 0 Å². The van der Waals surface area contributed by atoms with Gasteiger partial charge in [0, 0.05) is 13.2 Å². The summed E-state index contributed by atoms with van der Waals surface area (Å²) in [6.07, 6.45) is 3.02. The molecule has 1 amide bonds. The van der Waals surface area contributed by atoms with E-state index in [1.807, 2.05) is 0 Å². The Labute approximate surface area is 107 Å². The Balaban J connectivity index is 1.94. The maximum atomic E-state index is 11.8. The fourth-order valence-corrected chi connectivity index (χ4v) is 1.53. The number of halogens is 1. The maximum absolute atomic E-state index is 11.8. The predicted molar refractivity (Wildman–Crippen MR) is 62.9 cm³/mol. The van der Waals surface area contributed by atoms with Crippen LogP contribution in [0, 0.1) is 0 Å². The average Bonchev–Trinajstić information content (AvgIpc) is 2.88. The Bertz CT molecular complexity index is 600. The number of likely N-dealkylation sites (N-methyl/N-ethyl adjacent to an activating group) is 1. The smallest absolute Gasteiger partial charge is 0.337 e. The third-order valence-corrected chi connectivity index (χ3v) is 2.46. The lowest BCUT2D eigenvalue weighted by Gasteiger charge is -2.15. The number of aromatic amines is 2. The second-order valence-electron chi connectivity index (χ2n) is 3.73. The number of nitrogens with zero attached hydrogens (tertiary/aromatic N) is 4. The lowest BCUT2D eigenvalue weighted by Crippen LogP contribution is -2.30. The minimum Gasteiger partial charge on any atom is -0.337 e. The molecule has 2 rings (SSSR count). The van der Waals surface area contributed by atoms with Crippen LogP contribution < -0.4 is 5.69 Å². The summed E-state index contributed by atoms with van der Waals surface area (Å²) in [7, 11) is 1.61. The number of carbonyl (C=O) groups is 1. The minimum atomic E-state index is -0.398. The van der Waals surface area contributed by atoms with E-state index >= 15 is 0 Å².